The van der Waals surface area contributed by atoms with Crippen molar-refractivity contribution in [2.24, 2.45) is 5.92 Å². The van der Waals surface area contributed by atoms with E-state index in [0.717, 1.165) is 12.0 Å². The molecule has 1 rings (SSSR count). The largest absolute Gasteiger partial charge is 0.314 e. The fourth-order valence-electron chi connectivity index (χ4n) is 3.19. The fourth-order valence-corrected chi connectivity index (χ4v) is 3.19. The molecule has 1 atom stereocenters. The van der Waals surface area contributed by atoms with E-state index < -0.39 is 0 Å². The third kappa shape index (κ3) is 8.13. The molecule has 1 unspecified atom stereocenters. The summed E-state index contributed by atoms with van der Waals surface area (Å²) >= 11 is 0. The summed E-state index contributed by atoms with van der Waals surface area (Å²) in [5, 5.41) is 3.70. The van der Waals surface area contributed by atoms with Gasteiger partial charge in [-0.2, -0.15) is 0 Å². The predicted molar refractivity (Wildman–Crippen MR) is 82.0 cm³/mol. The molecule has 1 nitrogen and oxygen atoms in total. The minimum atomic E-state index is 0.732. The lowest BCUT2D eigenvalue weighted by molar-refractivity contribution is 0.435. The maximum Gasteiger partial charge on any atom is 0.00387 e. The monoisotopic (exact) mass is 253 g/mol. The van der Waals surface area contributed by atoms with Gasteiger partial charge in [-0.1, -0.05) is 64.7 Å². The number of nitrogens with one attached hydrogen (secondary N) is 1. The second-order valence-electron chi connectivity index (χ2n) is 6.35. The Hall–Kier alpha value is -0.0400. The molecule has 0 aromatic heterocycles. The minimum absolute atomic E-state index is 0.732. The van der Waals surface area contributed by atoms with Crippen molar-refractivity contribution in [2.45, 2.75) is 96.9 Å². The first-order valence-electron chi connectivity index (χ1n) is 8.56. The van der Waals surface area contributed by atoms with Crippen molar-refractivity contribution in [3.63, 3.8) is 0 Å². The zero-order chi connectivity index (χ0) is 13.1. The minimum Gasteiger partial charge on any atom is -0.314 e. The number of unbranched alkanes of at least 4 members (excludes halogenated alkanes) is 4. The molecule has 0 amide bonds. The van der Waals surface area contributed by atoms with Gasteiger partial charge in [0, 0.05) is 6.04 Å². The second kappa shape index (κ2) is 10.8. The van der Waals surface area contributed by atoms with E-state index in [1.807, 2.05) is 0 Å². The molecule has 0 aromatic rings. The van der Waals surface area contributed by atoms with Crippen LogP contribution in [0.15, 0.2) is 0 Å². The summed E-state index contributed by atoms with van der Waals surface area (Å²) in [6, 6.07) is 0.732. The maximum atomic E-state index is 3.70. The normalized spacial score (nSPS) is 18.3. The quantitative estimate of drug-likeness (QED) is 0.493. The van der Waals surface area contributed by atoms with Crippen LogP contribution in [-0.4, -0.2) is 12.6 Å². The second-order valence-corrected chi connectivity index (χ2v) is 6.35. The highest BCUT2D eigenvalue weighted by atomic mass is 14.9. The van der Waals surface area contributed by atoms with E-state index in [1.54, 1.807) is 0 Å². The van der Waals surface area contributed by atoms with Gasteiger partial charge >= 0.3 is 0 Å². The smallest absolute Gasteiger partial charge is 0.00387 e. The van der Waals surface area contributed by atoms with E-state index in [-0.39, 0.29) is 0 Å². The molecule has 0 bridgehead atoms. The summed E-state index contributed by atoms with van der Waals surface area (Å²) in [4.78, 5) is 0. The van der Waals surface area contributed by atoms with Gasteiger partial charge in [0.25, 0.3) is 0 Å². The predicted octanol–water partition coefficient (Wildman–Crippen LogP) is 5.30. The van der Waals surface area contributed by atoms with Crippen molar-refractivity contribution in [2.75, 3.05) is 6.54 Å². The van der Waals surface area contributed by atoms with Gasteiger partial charge in [0.15, 0.2) is 0 Å². The van der Waals surface area contributed by atoms with Crippen LogP contribution < -0.4 is 5.32 Å². The Labute approximate surface area is 115 Å². The Kier molecular flexibility index (Phi) is 9.65. The van der Waals surface area contributed by atoms with Crippen molar-refractivity contribution in [1.29, 1.82) is 0 Å². The Bertz CT molecular complexity index is 172. The van der Waals surface area contributed by atoms with Crippen LogP contribution in [0.2, 0.25) is 0 Å². The van der Waals surface area contributed by atoms with Crippen molar-refractivity contribution in [3.05, 3.63) is 0 Å². The number of hydrogen-bond acceptors (Lipinski definition) is 1. The SMILES string of the molecule is CCCCCCCC(C)NCCCC1CCCC1. The first kappa shape index (κ1) is 16.0. The van der Waals surface area contributed by atoms with E-state index in [4.69, 9.17) is 0 Å². The molecule has 1 aliphatic rings. The van der Waals surface area contributed by atoms with Crippen molar-refractivity contribution < 1.29 is 0 Å². The van der Waals surface area contributed by atoms with Gasteiger partial charge in [-0.15, -0.1) is 0 Å². The van der Waals surface area contributed by atoms with E-state index in [9.17, 15) is 0 Å². The van der Waals surface area contributed by atoms with E-state index >= 15 is 0 Å². The molecule has 1 saturated carbocycles. The van der Waals surface area contributed by atoms with E-state index in [2.05, 4.69) is 19.2 Å². The van der Waals surface area contributed by atoms with Gasteiger partial charge in [-0.25, -0.2) is 0 Å². The molecule has 18 heavy (non-hydrogen) atoms. The zero-order valence-corrected chi connectivity index (χ0v) is 12.8. The molecular formula is C17H35N. The van der Waals surface area contributed by atoms with Crippen LogP contribution >= 0.6 is 0 Å². The highest BCUT2D eigenvalue weighted by molar-refractivity contribution is 4.68. The molecule has 1 heteroatoms. The molecule has 0 aliphatic heterocycles. The molecular weight excluding hydrogens is 218 g/mol. The van der Waals surface area contributed by atoms with Crippen molar-refractivity contribution in [1.82, 2.24) is 5.32 Å². The van der Waals surface area contributed by atoms with Gasteiger partial charge in [0.2, 0.25) is 0 Å². The van der Waals surface area contributed by atoms with Crippen LogP contribution in [0, 0.1) is 5.92 Å². The number of rotatable bonds is 11. The Morgan fingerprint density at radius 1 is 1.00 bits per heavy atom. The Balaban J connectivity index is 1.82. The molecule has 1 fully saturated rings. The average Bonchev–Trinajstić information content (AvgIpc) is 2.87. The van der Waals surface area contributed by atoms with E-state index in [1.165, 1.54) is 83.6 Å². The fraction of sp³-hybridized carbons (Fsp3) is 1.00. The third-order valence-electron chi connectivity index (χ3n) is 4.50. The van der Waals surface area contributed by atoms with Crippen LogP contribution in [0.25, 0.3) is 0 Å². The molecule has 1 aliphatic carbocycles. The highest BCUT2D eigenvalue weighted by Gasteiger charge is 2.13. The van der Waals surface area contributed by atoms with Gasteiger partial charge in [-0.3, -0.25) is 0 Å². The molecule has 0 aromatic carbocycles. The Morgan fingerprint density at radius 2 is 1.72 bits per heavy atom. The lowest BCUT2D eigenvalue weighted by atomic mass is 10.0. The van der Waals surface area contributed by atoms with Gasteiger partial charge in [0.1, 0.15) is 0 Å². The Morgan fingerprint density at radius 3 is 2.44 bits per heavy atom. The summed E-state index contributed by atoms with van der Waals surface area (Å²) < 4.78 is 0. The molecule has 0 radical (unpaired) electrons. The summed E-state index contributed by atoms with van der Waals surface area (Å²) in [6.07, 6.45) is 17.3. The van der Waals surface area contributed by atoms with Gasteiger partial charge in [0.05, 0.1) is 0 Å². The van der Waals surface area contributed by atoms with Crippen molar-refractivity contribution >= 4 is 0 Å². The molecule has 0 heterocycles. The lowest BCUT2D eigenvalue weighted by Crippen LogP contribution is -2.27. The van der Waals surface area contributed by atoms with E-state index in [0.29, 0.717) is 0 Å². The molecule has 0 spiro atoms. The van der Waals surface area contributed by atoms with Crippen LogP contribution in [0.4, 0.5) is 0 Å². The van der Waals surface area contributed by atoms with Crippen LogP contribution in [0.1, 0.15) is 90.9 Å². The molecule has 1 N–H and O–H groups in total. The van der Waals surface area contributed by atoms with Crippen LogP contribution in [0.3, 0.4) is 0 Å². The van der Waals surface area contributed by atoms with Gasteiger partial charge in [-0.05, 0) is 38.6 Å². The first-order chi connectivity index (χ1) is 8.83. The molecule has 0 saturated heterocycles. The summed E-state index contributed by atoms with van der Waals surface area (Å²) in [5.74, 6) is 1.07. The van der Waals surface area contributed by atoms with Crippen molar-refractivity contribution in [3.8, 4) is 0 Å². The standard InChI is InChI=1S/C17H35N/c1-3-4-5-6-7-11-16(2)18-15-10-14-17-12-8-9-13-17/h16-18H,3-15H2,1-2H3. The molecule has 108 valence electrons. The zero-order valence-electron chi connectivity index (χ0n) is 12.8. The topological polar surface area (TPSA) is 12.0 Å². The first-order valence-corrected chi connectivity index (χ1v) is 8.56. The summed E-state index contributed by atoms with van der Waals surface area (Å²) in [5.41, 5.74) is 0. The summed E-state index contributed by atoms with van der Waals surface area (Å²) in [6.45, 7) is 5.89. The maximum absolute atomic E-state index is 3.70. The third-order valence-corrected chi connectivity index (χ3v) is 4.50. The van der Waals surface area contributed by atoms with Crippen LogP contribution in [0.5, 0.6) is 0 Å². The average molecular weight is 253 g/mol. The number of hydrogen-bond donors (Lipinski definition) is 1. The van der Waals surface area contributed by atoms with Gasteiger partial charge < -0.3 is 5.32 Å². The highest BCUT2D eigenvalue weighted by Crippen LogP contribution is 2.28. The van der Waals surface area contributed by atoms with Crippen LogP contribution in [-0.2, 0) is 0 Å². The lowest BCUT2D eigenvalue weighted by Gasteiger charge is -2.14. The summed E-state index contributed by atoms with van der Waals surface area (Å²) in [7, 11) is 0.